The fraction of sp³-hybridized carbons (Fsp3) is 0.970. The van der Waals surface area contributed by atoms with Crippen LogP contribution in [0.2, 0.25) is 0 Å². The van der Waals surface area contributed by atoms with Gasteiger partial charge in [0.15, 0.2) is 0 Å². The Morgan fingerprint density at radius 2 is 0.806 bits per heavy atom. The molecule has 1 N–H and O–H groups in total. The lowest BCUT2D eigenvalue weighted by atomic mass is 9.93. The molecule has 0 aliphatic heterocycles. The lowest BCUT2D eigenvalue weighted by Crippen LogP contribution is -2.30. The molecular formula is C33H67NS2. The third-order valence-electron chi connectivity index (χ3n) is 7.82. The highest BCUT2D eigenvalue weighted by molar-refractivity contribution is 7.80. The number of thiol groups is 1. The number of rotatable bonds is 30. The minimum Gasteiger partial charge on any atom is -0.379 e. The van der Waals surface area contributed by atoms with Crippen LogP contribution in [0, 0.1) is 5.92 Å². The maximum atomic E-state index is 5.83. The van der Waals surface area contributed by atoms with Crippen LogP contribution in [-0.4, -0.2) is 17.3 Å². The van der Waals surface area contributed by atoms with Gasteiger partial charge in [-0.2, -0.15) is 12.6 Å². The highest BCUT2D eigenvalue weighted by Gasteiger charge is 2.14. The fourth-order valence-electron chi connectivity index (χ4n) is 5.30. The molecule has 36 heavy (non-hydrogen) atoms. The van der Waals surface area contributed by atoms with Crippen molar-refractivity contribution < 1.29 is 0 Å². The number of unbranched alkanes of at least 4 members (excludes halogenated alkanes) is 22. The molecule has 0 spiro atoms. The first-order valence-electron chi connectivity index (χ1n) is 16.6. The van der Waals surface area contributed by atoms with Gasteiger partial charge in [0.1, 0.15) is 0 Å². The molecule has 0 rings (SSSR count). The summed E-state index contributed by atoms with van der Waals surface area (Å²) in [5.74, 6) is 1.55. The Bertz CT molecular complexity index is 398. The summed E-state index contributed by atoms with van der Waals surface area (Å²) in [5.41, 5.74) is 0. The molecule has 0 aliphatic carbocycles. The van der Waals surface area contributed by atoms with Crippen LogP contribution >= 0.6 is 24.8 Å². The van der Waals surface area contributed by atoms with Crippen LogP contribution in [0.3, 0.4) is 0 Å². The first-order valence-corrected chi connectivity index (χ1v) is 17.7. The summed E-state index contributed by atoms with van der Waals surface area (Å²) < 4.78 is 0. The van der Waals surface area contributed by atoms with Gasteiger partial charge in [-0.3, -0.25) is 0 Å². The van der Waals surface area contributed by atoms with E-state index in [1.54, 1.807) is 0 Å². The normalized spacial score (nSPS) is 11.4. The number of hydrogen-bond acceptors (Lipinski definition) is 2. The Balaban J connectivity index is 3.82. The van der Waals surface area contributed by atoms with Crippen LogP contribution in [-0.2, 0) is 0 Å². The van der Waals surface area contributed by atoms with Crippen molar-refractivity contribution >= 4 is 29.8 Å². The van der Waals surface area contributed by atoms with Gasteiger partial charge in [-0.05, 0) is 25.0 Å². The average Bonchev–Trinajstić information content (AvgIpc) is 2.88. The van der Waals surface area contributed by atoms with E-state index in [9.17, 15) is 0 Å². The van der Waals surface area contributed by atoms with Crippen molar-refractivity contribution in [2.24, 2.45) is 5.92 Å². The molecule has 0 amide bonds. The van der Waals surface area contributed by atoms with E-state index in [1.165, 1.54) is 167 Å². The van der Waals surface area contributed by atoms with Gasteiger partial charge in [0.05, 0.1) is 4.99 Å². The SMILES string of the molecule is CCCCCCCCCCCCCCC(CCCCCCCCCCCCCC)C(=S)NCCCS. The van der Waals surface area contributed by atoms with Crippen LogP contribution in [0.15, 0.2) is 0 Å². The number of thiocarbonyl (C=S) groups is 1. The molecular weight excluding hydrogens is 475 g/mol. The molecule has 0 radical (unpaired) electrons. The summed E-state index contributed by atoms with van der Waals surface area (Å²) in [4.78, 5) is 1.14. The molecule has 0 aromatic carbocycles. The first kappa shape index (κ1) is 36.2. The maximum Gasteiger partial charge on any atom is 0.0784 e. The van der Waals surface area contributed by atoms with Crippen LogP contribution < -0.4 is 5.32 Å². The Morgan fingerprint density at radius 3 is 1.11 bits per heavy atom. The average molecular weight is 542 g/mol. The second kappa shape index (κ2) is 31.5. The van der Waals surface area contributed by atoms with Gasteiger partial charge in [-0.25, -0.2) is 0 Å². The van der Waals surface area contributed by atoms with E-state index < -0.39 is 0 Å². The lowest BCUT2D eigenvalue weighted by Gasteiger charge is -2.19. The summed E-state index contributed by atoms with van der Waals surface area (Å²) >= 11 is 10.2. The smallest absolute Gasteiger partial charge is 0.0784 e. The minimum atomic E-state index is 0.603. The Labute approximate surface area is 239 Å². The second-order valence-corrected chi connectivity index (χ2v) is 12.3. The summed E-state index contributed by atoms with van der Waals surface area (Å²) in [5, 5.41) is 3.55. The molecule has 0 aromatic heterocycles. The Kier molecular flexibility index (Phi) is 31.7. The van der Waals surface area contributed by atoms with Gasteiger partial charge >= 0.3 is 0 Å². The zero-order valence-electron chi connectivity index (χ0n) is 24.9. The van der Waals surface area contributed by atoms with Crippen molar-refractivity contribution in [3.63, 3.8) is 0 Å². The van der Waals surface area contributed by atoms with Gasteiger partial charge in [-0.15, -0.1) is 0 Å². The highest BCUT2D eigenvalue weighted by Crippen LogP contribution is 2.21. The van der Waals surface area contributed by atoms with Crippen LogP contribution in [0.4, 0.5) is 0 Å². The maximum absolute atomic E-state index is 5.83. The molecule has 0 aromatic rings. The number of nitrogens with one attached hydrogen (secondary N) is 1. The molecule has 3 heteroatoms. The summed E-state index contributed by atoms with van der Waals surface area (Å²) in [7, 11) is 0. The van der Waals surface area contributed by atoms with Crippen molar-refractivity contribution in [1.82, 2.24) is 5.32 Å². The van der Waals surface area contributed by atoms with Crippen LogP contribution in [0.25, 0.3) is 0 Å². The van der Waals surface area contributed by atoms with Crippen molar-refractivity contribution in [2.75, 3.05) is 12.3 Å². The van der Waals surface area contributed by atoms with Crippen molar-refractivity contribution in [3.8, 4) is 0 Å². The van der Waals surface area contributed by atoms with E-state index in [-0.39, 0.29) is 0 Å². The molecule has 0 aliphatic rings. The Hall–Kier alpha value is 0.240. The fourth-order valence-corrected chi connectivity index (χ4v) is 5.80. The van der Waals surface area contributed by atoms with E-state index in [0.29, 0.717) is 5.92 Å². The van der Waals surface area contributed by atoms with Crippen molar-refractivity contribution in [1.29, 1.82) is 0 Å². The van der Waals surface area contributed by atoms with Gasteiger partial charge in [0.25, 0.3) is 0 Å². The third-order valence-corrected chi connectivity index (χ3v) is 8.61. The monoisotopic (exact) mass is 541 g/mol. The zero-order chi connectivity index (χ0) is 26.4. The molecule has 216 valence electrons. The van der Waals surface area contributed by atoms with Gasteiger partial charge in [0.2, 0.25) is 0 Å². The highest BCUT2D eigenvalue weighted by atomic mass is 32.1. The van der Waals surface area contributed by atoms with Crippen molar-refractivity contribution in [2.45, 2.75) is 187 Å². The first-order chi connectivity index (χ1) is 17.8. The lowest BCUT2D eigenvalue weighted by molar-refractivity contribution is 0.474. The molecule has 0 heterocycles. The van der Waals surface area contributed by atoms with E-state index >= 15 is 0 Å². The van der Waals surface area contributed by atoms with E-state index in [4.69, 9.17) is 12.2 Å². The molecule has 0 atom stereocenters. The third kappa shape index (κ3) is 27.3. The minimum absolute atomic E-state index is 0.603. The van der Waals surface area contributed by atoms with Gasteiger partial charge in [-0.1, -0.05) is 180 Å². The number of hydrogen-bond donors (Lipinski definition) is 2. The summed E-state index contributed by atoms with van der Waals surface area (Å²) in [6.07, 6.45) is 37.9. The molecule has 0 fully saturated rings. The van der Waals surface area contributed by atoms with Gasteiger partial charge in [0, 0.05) is 12.5 Å². The predicted octanol–water partition coefficient (Wildman–Crippen LogP) is 12.0. The molecule has 0 unspecified atom stereocenters. The quantitative estimate of drug-likeness (QED) is 0.0532. The van der Waals surface area contributed by atoms with E-state index in [0.717, 1.165) is 23.7 Å². The second-order valence-electron chi connectivity index (χ2n) is 11.4. The van der Waals surface area contributed by atoms with Crippen molar-refractivity contribution in [3.05, 3.63) is 0 Å². The zero-order valence-corrected chi connectivity index (χ0v) is 26.6. The van der Waals surface area contributed by atoms with Gasteiger partial charge < -0.3 is 5.32 Å². The van der Waals surface area contributed by atoms with E-state index in [2.05, 4.69) is 31.8 Å². The standard InChI is InChI=1S/C33H67NS2/c1-3-5-7-9-11-13-15-17-19-21-23-25-28-32(33(36)34-30-27-31-35)29-26-24-22-20-18-16-14-12-10-8-6-4-2/h32,35H,3-31H2,1-2H3,(H,34,36). The van der Waals surface area contributed by atoms with E-state index in [1.807, 2.05) is 0 Å². The molecule has 0 saturated heterocycles. The predicted molar refractivity (Wildman–Crippen MR) is 174 cm³/mol. The largest absolute Gasteiger partial charge is 0.379 e. The topological polar surface area (TPSA) is 12.0 Å². The van der Waals surface area contributed by atoms with Crippen LogP contribution in [0.5, 0.6) is 0 Å². The van der Waals surface area contributed by atoms with Crippen LogP contribution in [0.1, 0.15) is 187 Å². The molecule has 0 saturated carbocycles. The Morgan fingerprint density at radius 1 is 0.500 bits per heavy atom. The molecule has 0 bridgehead atoms. The molecule has 1 nitrogen and oxygen atoms in total. The summed E-state index contributed by atoms with van der Waals surface area (Å²) in [6.45, 7) is 5.60. The summed E-state index contributed by atoms with van der Waals surface area (Å²) in [6, 6.07) is 0.